The normalized spacial score (nSPS) is 25.4. The fourth-order valence-electron chi connectivity index (χ4n) is 5.21. The van der Waals surface area contributed by atoms with Crippen LogP contribution < -0.4 is 0 Å². The second kappa shape index (κ2) is 5.63. The summed E-state index contributed by atoms with van der Waals surface area (Å²) in [7, 11) is 0. The lowest BCUT2D eigenvalue weighted by Crippen LogP contribution is -2.33. The van der Waals surface area contributed by atoms with E-state index in [2.05, 4.69) is 44.2 Å². The van der Waals surface area contributed by atoms with Gasteiger partial charge in [0.2, 0.25) is 0 Å². The maximum atomic E-state index is 14.3. The smallest absolute Gasteiger partial charge is 0.123 e. The molecule has 0 aliphatic heterocycles. The number of benzene rings is 3. The summed E-state index contributed by atoms with van der Waals surface area (Å²) in [6.45, 7) is 4.48. The summed E-state index contributed by atoms with van der Waals surface area (Å²) < 4.78 is 27.8. The molecule has 2 heteroatoms. The zero-order valence-electron chi connectivity index (χ0n) is 15.3. The number of hydrogen-bond donors (Lipinski definition) is 0. The Kier molecular flexibility index (Phi) is 3.42. The average molecular weight is 358 g/mol. The zero-order valence-corrected chi connectivity index (χ0v) is 15.3. The van der Waals surface area contributed by atoms with Gasteiger partial charge in [-0.15, -0.1) is 0 Å². The van der Waals surface area contributed by atoms with Crippen molar-refractivity contribution in [2.24, 2.45) is 5.92 Å². The minimum absolute atomic E-state index is 0.217. The number of halogens is 2. The van der Waals surface area contributed by atoms with E-state index in [1.165, 1.54) is 29.3 Å². The molecule has 0 heterocycles. The Bertz CT molecular complexity index is 1080. The molecule has 0 aromatic heterocycles. The van der Waals surface area contributed by atoms with Gasteiger partial charge in [-0.1, -0.05) is 62.4 Å². The number of fused-ring (bicyclic) bond motifs is 5. The third-order valence-corrected chi connectivity index (χ3v) is 6.55. The summed E-state index contributed by atoms with van der Waals surface area (Å²) in [5, 5.41) is 0. The molecule has 5 rings (SSSR count). The lowest BCUT2D eigenvalue weighted by Gasteiger charge is -2.39. The van der Waals surface area contributed by atoms with Gasteiger partial charge in [-0.25, -0.2) is 8.78 Å². The third kappa shape index (κ3) is 2.19. The van der Waals surface area contributed by atoms with Crippen LogP contribution in [0.25, 0.3) is 5.57 Å². The van der Waals surface area contributed by atoms with Crippen molar-refractivity contribution in [3.63, 3.8) is 0 Å². The van der Waals surface area contributed by atoms with Crippen LogP contribution in [0.5, 0.6) is 0 Å². The lowest BCUT2D eigenvalue weighted by atomic mass is 9.63. The molecule has 2 aliphatic carbocycles. The van der Waals surface area contributed by atoms with Crippen LogP contribution in [0, 0.1) is 17.6 Å². The molecule has 0 amide bonds. The van der Waals surface area contributed by atoms with E-state index in [0.29, 0.717) is 5.92 Å². The first-order chi connectivity index (χ1) is 13.0. The van der Waals surface area contributed by atoms with Gasteiger partial charge in [0.15, 0.2) is 0 Å². The highest BCUT2D eigenvalue weighted by Crippen LogP contribution is 2.59. The number of rotatable bonds is 1. The summed E-state index contributed by atoms with van der Waals surface area (Å²) >= 11 is 0. The third-order valence-electron chi connectivity index (χ3n) is 6.55. The predicted molar refractivity (Wildman–Crippen MR) is 105 cm³/mol. The first-order valence-electron chi connectivity index (χ1n) is 9.37. The fraction of sp³-hybridized carbons (Fsp3) is 0.200. The van der Waals surface area contributed by atoms with E-state index in [1.807, 2.05) is 18.2 Å². The minimum Gasteiger partial charge on any atom is -0.207 e. The molecule has 0 saturated carbocycles. The Morgan fingerprint density at radius 2 is 1.52 bits per heavy atom. The van der Waals surface area contributed by atoms with Gasteiger partial charge >= 0.3 is 0 Å². The van der Waals surface area contributed by atoms with Crippen molar-refractivity contribution in [1.29, 1.82) is 0 Å². The van der Waals surface area contributed by atoms with Gasteiger partial charge in [0, 0.05) is 5.41 Å². The second-order valence-electron chi connectivity index (χ2n) is 7.88. The van der Waals surface area contributed by atoms with Crippen molar-refractivity contribution in [3.8, 4) is 0 Å². The standard InChI is InChI=1S/C25H20F2/c1-15-19-5-3-4-6-22(19)25(2)23(15)14-21(16-7-9-17(26)10-8-16)20-12-11-18(27)13-24(20)25/h3-15,23H,1-2H3/t15-,23+,25-/m1/s1. The zero-order chi connectivity index (χ0) is 18.8. The molecular formula is C25H20F2. The highest BCUT2D eigenvalue weighted by Gasteiger charge is 2.50. The van der Waals surface area contributed by atoms with E-state index in [-0.39, 0.29) is 23.0 Å². The Balaban J connectivity index is 1.81. The van der Waals surface area contributed by atoms with Crippen LogP contribution in [0.3, 0.4) is 0 Å². The van der Waals surface area contributed by atoms with Gasteiger partial charge in [-0.05, 0) is 69.5 Å². The molecule has 0 unspecified atom stereocenters. The van der Waals surface area contributed by atoms with Gasteiger partial charge in [0.1, 0.15) is 11.6 Å². The molecule has 0 saturated heterocycles. The molecule has 0 nitrogen and oxygen atoms in total. The first-order valence-corrected chi connectivity index (χ1v) is 9.37. The summed E-state index contributed by atoms with van der Waals surface area (Å²) in [6.07, 6.45) is 2.32. The highest BCUT2D eigenvalue weighted by atomic mass is 19.1. The van der Waals surface area contributed by atoms with E-state index in [0.717, 1.165) is 22.3 Å². The van der Waals surface area contributed by atoms with Crippen LogP contribution in [0.2, 0.25) is 0 Å². The molecule has 134 valence electrons. The van der Waals surface area contributed by atoms with Crippen molar-refractivity contribution >= 4 is 5.57 Å². The van der Waals surface area contributed by atoms with Crippen molar-refractivity contribution < 1.29 is 8.78 Å². The van der Waals surface area contributed by atoms with Gasteiger partial charge < -0.3 is 0 Å². The maximum Gasteiger partial charge on any atom is 0.123 e. The summed E-state index contributed by atoms with van der Waals surface area (Å²) in [4.78, 5) is 0. The molecule has 3 aromatic carbocycles. The van der Waals surface area contributed by atoms with Crippen LogP contribution >= 0.6 is 0 Å². The van der Waals surface area contributed by atoms with Gasteiger partial charge in [-0.2, -0.15) is 0 Å². The highest BCUT2D eigenvalue weighted by molar-refractivity contribution is 5.85. The predicted octanol–water partition coefficient (Wildman–Crippen LogP) is 6.45. The van der Waals surface area contributed by atoms with Crippen molar-refractivity contribution in [2.75, 3.05) is 0 Å². The van der Waals surface area contributed by atoms with Crippen LogP contribution in [-0.2, 0) is 5.41 Å². The Morgan fingerprint density at radius 3 is 2.30 bits per heavy atom. The Labute approximate surface area is 158 Å². The molecule has 27 heavy (non-hydrogen) atoms. The van der Waals surface area contributed by atoms with Crippen LogP contribution in [0.15, 0.2) is 72.8 Å². The van der Waals surface area contributed by atoms with Crippen molar-refractivity contribution in [3.05, 3.63) is 112 Å². The molecule has 0 fully saturated rings. The van der Waals surface area contributed by atoms with Gasteiger partial charge in [0.25, 0.3) is 0 Å². The van der Waals surface area contributed by atoms with Crippen LogP contribution in [-0.4, -0.2) is 0 Å². The molecule has 0 bridgehead atoms. The van der Waals surface area contributed by atoms with Gasteiger partial charge in [-0.3, -0.25) is 0 Å². The monoisotopic (exact) mass is 358 g/mol. The van der Waals surface area contributed by atoms with E-state index in [1.54, 1.807) is 6.07 Å². The summed E-state index contributed by atoms with van der Waals surface area (Å²) in [5.74, 6) is 0.0920. The van der Waals surface area contributed by atoms with Crippen LogP contribution in [0.4, 0.5) is 8.78 Å². The maximum absolute atomic E-state index is 14.3. The second-order valence-corrected chi connectivity index (χ2v) is 7.88. The van der Waals surface area contributed by atoms with Crippen molar-refractivity contribution in [2.45, 2.75) is 25.2 Å². The molecule has 3 atom stereocenters. The molecular weight excluding hydrogens is 338 g/mol. The van der Waals surface area contributed by atoms with Crippen LogP contribution in [0.1, 0.15) is 47.6 Å². The van der Waals surface area contributed by atoms with E-state index in [9.17, 15) is 8.78 Å². The van der Waals surface area contributed by atoms with Crippen molar-refractivity contribution in [1.82, 2.24) is 0 Å². The SMILES string of the molecule is C[C@@H]1c2ccccc2[C@@]2(C)c3cc(F)ccc3C(c3ccc(F)cc3)=C[C@@H]12. The Hall–Kier alpha value is -2.74. The quantitative estimate of drug-likeness (QED) is 0.469. The summed E-state index contributed by atoms with van der Waals surface area (Å²) in [5.41, 5.74) is 6.43. The largest absolute Gasteiger partial charge is 0.207 e. The summed E-state index contributed by atoms with van der Waals surface area (Å²) in [6, 6.07) is 20.2. The molecule has 0 radical (unpaired) electrons. The lowest BCUT2D eigenvalue weighted by molar-refractivity contribution is 0.404. The topological polar surface area (TPSA) is 0 Å². The number of hydrogen-bond acceptors (Lipinski definition) is 0. The van der Waals surface area contributed by atoms with Gasteiger partial charge in [0.05, 0.1) is 0 Å². The van der Waals surface area contributed by atoms with E-state index >= 15 is 0 Å². The van der Waals surface area contributed by atoms with E-state index in [4.69, 9.17) is 0 Å². The molecule has 0 N–H and O–H groups in total. The molecule has 2 aliphatic rings. The average Bonchev–Trinajstić information content (AvgIpc) is 2.91. The minimum atomic E-state index is -0.267. The number of allylic oxidation sites excluding steroid dienone is 1. The molecule has 3 aromatic rings. The fourth-order valence-corrected chi connectivity index (χ4v) is 5.21. The molecule has 0 spiro atoms. The first kappa shape index (κ1) is 16.4. The Morgan fingerprint density at radius 1 is 0.815 bits per heavy atom. The van der Waals surface area contributed by atoms with E-state index < -0.39 is 0 Å².